The summed E-state index contributed by atoms with van der Waals surface area (Å²) in [6.07, 6.45) is 3.78. The second-order valence-corrected chi connectivity index (χ2v) is 10.7. The molecular formula is C25H40N2O6. The predicted molar refractivity (Wildman–Crippen MR) is 123 cm³/mol. The van der Waals surface area contributed by atoms with Gasteiger partial charge in [-0.05, 0) is 38.5 Å². The number of ether oxygens (including phenoxy) is 1. The molecule has 0 aromatic carbocycles. The summed E-state index contributed by atoms with van der Waals surface area (Å²) in [5.74, 6) is -3.99. The first-order valence-corrected chi connectivity index (χ1v) is 12.2. The van der Waals surface area contributed by atoms with Crippen LogP contribution in [0.1, 0.15) is 60.8 Å². The molecule has 8 nitrogen and oxygen atoms in total. The van der Waals surface area contributed by atoms with Crippen molar-refractivity contribution in [3.63, 3.8) is 0 Å². The zero-order valence-corrected chi connectivity index (χ0v) is 20.8. The smallest absolute Gasteiger partial charge is 0.310 e. The predicted octanol–water partition coefficient (Wildman–Crippen LogP) is 2.30. The van der Waals surface area contributed by atoms with Crippen molar-refractivity contribution in [2.75, 3.05) is 13.2 Å². The zero-order chi connectivity index (χ0) is 24.9. The fraction of sp³-hybridized carbons (Fsp3) is 0.800. The summed E-state index contributed by atoms with van der Waals surface area (Å²) >= 11 is 0. The van der Waals surface area contributed by atoms with Crippen molar-refractivity contribution >= 4 is 17.8 Å². The first-order chi connectivity index (χ1) is 15.4. The summed E-state index contributed by atoms with van der Waals surface area (Å²) in [6, 6.07) is -1.68. The Bertz CT molecular complexity index is 815. The molecule has 1 spiro atoms. The standard InChI is InChI=1S/C25H40N2O6/c1-8-10-16(6)26(11-9-2)22(30)20-25-12-15(5)24(7,33-25)19(23(31)32)18(25)21(29)27(20)17(13-28)14(3)4/h9,14-20,28H,2,8,10-13H2,1,3-7H3,(H,31,32)/t15?,16?,17-,18-,19-,20?,24+,25?/m0/s1. The van der Waals surface area contributed by atoms with Crippen molar-refractivity contribution in [3.05, 3.63) is 12.7 Å². The number of aliphatic carboxylic acids is 1. The molecule has 33 heavy (non-hydrogen) atoms. The van der Waals surface area contributed by atoms with Crippen molar-refractivity contribution in [2.24, 2.45) is 23.7 Å². The van der Waals surface area contributed by atoms with E-state index in [4.69, 9.17) is 4.74 Å². The average molecular weight is 465 g/mol. The maximum absolute atomic E-state index is 14.2. The van der Waals surface area contributed by atoms with Gasteiger partial charge in [0.25, 0.3) is 0 Å². The van der Waals surface area contributed by atoms with Crippen LogP contribution in [0.3, 0.4) is 0 Å². The summed E-state index contributed by atoms with van der Waals surface area (Å²) in [4.78, 5) is 43.8. The summed E-state index contributed by atoms with van der Waals surface area (Å²) in [6.45, 7) is 15.3. The van der Waals surface area contributed by atoms with E-state index in [1.54, 1.807) is 17.9 Å². The average Bonchev–Trinajstić information content (AvgIpc) is 3.24. The van der Waals surface area contributed by atoms with E-state index < -0.39 is 47.0 Å². The lowest BCUT2D eigenvalue weighted by Crippen LogP contribution is -2.60. The highest BCUT2D eigenvalue weighted by molar-refractivity contribution is 5.98. The van der Waals surface area contributed by atoms with Crippen molar-refractivity contribution in [2.45, 2.75) is 90.1 Å². The number of aliphatic hydroxyl groups excluding tert-OH is 1. The molecule has 4 unspecified atom stereocenters. The van der Waals surface area contributed by atoms with Gasteiger partial charge in [0.1, 0.15) is 17.6 Å². The summed E-state index contributed by atoms with van der Waals surface area (Å²) in [5.41, 5.74) is -2.25. The van der Waals surface area contributed by atoms with Crippen LogP contribution in [0.5, 0.6) is 0 Å². The summed E-state index contributed by atoms with van der Waals surface area (Å²) < 4.78 is 6.54. The molecule has 0 saturated carbocycles. The second kappa shape index (κ2) is 9.02. The SMILES string of the molecule is C=CCN(C(=O)C1N([C@@H](CO)C(C)C)C(=O)[C@@H]2[C@@H](C(=O)O)[C@]3(C)OC12CC3C)C(C)CCC. The van der Waals surface area contributed by atoms with Crippen LogP contribution in [-0.4, -0.2) is 80.3 Å². The quantitative estimate of drug-likeness (QED) is 0.481. The van der Waals surface area contributed by atoms with Crippen LogP contribution in [0, 0.1) is 23.7 Å². The highest BCUT2D eigenvalue weighted by Gasteiger charge is 2.80. The number of carboxylic acids is 1. The Kier molecular flexibility index (Phi) is 7.02. The number of carboxylic acid groups (broad SMARTS) is 1. The largest absolute Gasteiger partial charge is 0.481 e. The van der Waals surface area contributed by atoms with Crippen LogP contribution in [-0.2, 0) is 19.1 Å². The van der Waals surface area contributed by atoms with Crippen molar-refractivity contribution in [3.8, 4) is 0 Å². The van der Waals surface area contributed by atoms with Gasteiger partial charge in [0, 0.05) is 12.6 Å². The molecule has 3 fully saturated rings. The normalized spacial score (nSPS) is 36.7. The van der Waals surface area contributed by atoms with Crippen LogP contribution < -0.4 is 0 Å². The maximum atomic E-state index is 14.2. The van der Waals surface area contributed by atoms with Crippen LogP contribution in [0.25, 0.3) is 0 Å². The Morgan fingerprint density at radius 3 is 2.48 bits per heavy atom. The van der Waals surface area contributed by atoms with E-state index in [2.05, 4.69) is 13.5 Å². The number of nitrogens with zero attached hydrogens (tertiary/aromatic N) is 2. The van der Waals surface area contributed by atoms with Gasteiger partial charge >= 0.3 is 5.97 Å². The fourth-order valence-corrected chi connectivity index (χ4v) is 6.67. The summed E-state index contributed by atoms with van der Waals surface area (Å²) in [7, 11) is 0. The minimum atomic E-state index is -1.22. The molecule has 2 bridgehead atoms. The molecule has 0 aromatic heterocycles. The number of hydrogen-bond donors (Lipinski definition) is 2. The zero-order valence-electron chi connectivity index (χ0n) is 20.8. The number of aliphatic hydroxyl groups is 1. The van der Waals surface area contributed by atoms with Crippen molar-refractivity contribution < 1.29 is 29.3 Å². The molecule has 8 heteroatoms. The van der Waals surface area contributed by atoms with Gasteiger partial charge in [0.15, 0.2) is 0 Å². The van der Waals surface area contributed by atoms with Gasteiger partial charge < -0.3 is 24.7 Å². The van der Waals surface area contributed by atoms with Crippen molar-refractivity contribution in [1.82, 2.24) is 9.80 Å². The third kappa shape index (κ3) is 3.60. The van der Waals surface area contributed by atoms with Gasteiger partial charge in [-0.15, -0.1) is 6.58 Å². The number of likely N-dealkylation sites (tertiary alicyclic amines) is 1. The molecular weight excluding hydrogens is 424 g/mol. The molecule has 0 aromatic rings. The molecule has 3 aliphatic heterocycles. The summed E-state index contributed by atoms with van der Waals surface area (Å²) in [5, 5.41) is 20.4. The van der Waals surface area contributed by atoms with Gasteiger partial charge in [-0.1, -0.05) is 40.2 Å². The first kappa shape index (κ1) is 25.7. The second-order valence-electron chi connectivity index (χ2n) is 10.7. The Labute approximate surface area is 196 Å². The molecule has 186 valence electrons. The third-order valence-electron chi connectivity index (χ3n) is 8.41. The molecule has 2 N–H and O–H groups in total. The lowest BCUT2D eigenvalue weighted by atomic mass is 9.62. The molecule has 0 aliphatic carbocycles. The van der Waals surface area contributed by atoms with Gasteiger partial charge in [-0.2, -0.15) is 0 Å². The van der Waals surface area contributed by atoms with Crippen LogP contribution in [0.4, 0.5) is 0 Å². The molecule has 3 heterocycles. The number of carbonyl (C=O) groups is 3. The van der Waals surface area contributed by atoms with Crippen LogP contribution >= 0.6 is 0 Å². The maximum Gasteiger partial charge on any atom is 0.310 e. The Morgan fingerprint density at radius 1 is 1.36 bits per heavy atom. The van der Waals surface area contributed by atoms with E-state index in [1.807, 2.05) is 27.7 Å². The van der Waals surface area contributed by atoms with Gasteiger partial charge in [0.2, 0.25) is 11.8 Å². The minimum Gasteiger partial charge on any atom is -0.481 e. The Balaban J connectivity index is 2.19. The fourth-order valence-electron chi connectivity index (χ4n) is 6.67. The highest BCUT2D eigenvalue weighted by Crippen LogP contribution is 2.65. The van der Waals surface area contributed by atoms with Gasteiger partial charge in [-0.25, -0.2) is 0 Å². The molecule has 0 radical (unpaired) electrons. The van der Waals surface area contributed by atoms with Gasteiger partial charge in [0.05, 0.1) is 24.2 Å². The monoisotopic (exact) mass is 464 g/mol. The highest BCUT2D eigenvalue weighted by atomic mass is 16.5. The van der Waals surface area contributed by atoms with Crippen molar-refractivity contribution in [1.29, 1.82) is 0 Å². The van der Waals surface area contributed by atoms with E-state index in [-0.39, 0.29) is 30.4 Å². The first-order valence-electron chi connectivity index (χ1n) is 12.2. The number of carbonyl (C=O) groups excluding carboxylic acids is 2. The molecule has 8 atom stereocenters. The molecule has 3 aliphatic rings. The minimum absolute atomic E-state index is 0.0820. The van der Waals surface area contributed by atoms with E-state index in [0.29, 0.717) is 13.0 Å². The van der Waals surface area contributed by atoms with E-state index in [0.717, 1.165) is 12.8 Å². The number of amides is 2. The van der Waals surface area contributed by atoms with Crippen LogP contribution in [0.2, 0.25) is 0 Å². The van der Waals surface area contributed by atoms with E-state index in [9.17, 15) is 24.6 Å². The van der Waals surface area contributed by atoms with E-state index in [1.165, 1.54) is 4.90 Å². The number of hydrogen-bond acceptors (Lipinski definition) is 5. The third-order valence-corrected chi connectivity index (χ3v) is 8.41. The molecule has 3 saturated heterocycles. The van der Waals surface area contributed by atoms with Crippen LogP contribution in [0.15, 0.2) is 12.7 Å². The Hall–Kier alpha value is -1.93. The number of fused-ring (bicyclic) bond motifs is 1. The lowest BCUT2D eigenvalue weighted by Gasteiger charge is -2.42. The Morgan fingerprint density at radius 2 is 2.00 bits per heavy atom. The number of rotatable bonds is 10. The lowest BCUT2D eigenvalue weighted by molar-refractivity contribution is -0.161. The molecule has 2 amide bonds. The van der Waals surface area contributed by atoms with E-state index >= 15 is 0 Å². The van der Waals surface area contributed by atoms with Gasteiger partial charge in [-0.3, -0.25) is 14.4 Å². The molecule has 3 rings (SSSR count). The topological polar surface area (TPSA) is 107 Å².